The van der Waals surface area contributed by atoms with Gasteiger partial charge in [0.15, 0.2) is 0 Å². The van der Waals surface area contributed by atoms with Gasteiger partial charge in [-0.1, -0.05) is 32.9 Å². The molecule has 1 aromatic carbocycles. The first-order valence-corrected chi connectivity index (χ1v) is 10.0. The van der Waals surface area contributed by atoms with Gasteiger partial charge in [0, 0.05) is 17.5 Å². The normalized spacial score (nSPS) is 16.2. The van der Waals surface area contributed by atoms with Crippen LogP contribution in [0.2, 0.25) is 0 Å². The van der Waals surface area contributed by atoms with Crippen LogP contribution in [0, 0.1) is 0 Å². The number of aromatic amines is 2. The predicted molar refractivity (Wildman–Crippen MR) is 113 cm³/mol. The minimum Gasteiger partial charge on any atom is -0.345 e. The summed E-state index contributed by atoms with van der Waals surface area (Å²) in [6, 6.07) is 8.13. The molecule has 2 heterocycles. The van der Waals surface area contributed by atoms with E-state index in [1.54, 1.807) is 6.20 Å². The molecule has 8 heteroatoms. The van der Waals surface area contributed by atoms with Gasteiger partial charge in [0.1, 0.15) is 5.56 Å². The quantitative estimate of drug-likeness (QED) is 0.618. The highest BCUT2D eigenvalue weighted by atomic mass is 16.2. The molecule has 3 N–H and O–H groups in total. The number of hydrogen-bond donors (Lipinski definition) is 3. The molecule has 156 valence electrons. The van der Waals surface area contributed by atoms with Gasteiger partial charge in [-0.2, -0.15) is 5.10 Å². The minimum absolute atomic E-state index is 0.0804. The minimum atomic E-state index is -0.707. The summed E-state index contributed by atoms with van der Waals surface area (Å²) in [6.45, 7) is 6.54. The van der Waals surface area contributed by atoms with Crippen molar-refractivity contribution >= 4 is 5.91 Å². The van der Waals surface area contributed by atoms with Crippen molar-refractivity contribution in [3.63, 3.8) is 0 Å². The van der Waals surface area contributed by atoms with Crippen LogP contribution >= 0.6 is 0 Å². The van der Waals surface area contributed by atoms with Gasteiger partial charge in [-0.05, 0) is 42.4 Å². The highest BCUT2D eigenvalue weighted by molar-refractivity contribution is 5.93. The molecule has 0 saturated carbocycles. The molecule has 30 heavy (non-hydrogen) atoms. The van der Waals surface area contributed by atoms with E-state index in [2.05, 4.69) is 65.4 Å². The Balaban J connectivity index is 1.60. The van der Waals surface area contributed by atoms with Crippen LogP contribution in [-0.4, -0.2) is 25.7 Å². The summed E-state index contributed by atoms with van der Waals surface area (Å²) >= 11 is 0. The predicted octanol–water partition coefficient (Wildman–Crippen LogP) is 2.35. The third-order valence-electron chi connectivity index (χ3n) is 5.53. The lowest BCUT2D eigenvalue weighted by atomic mass is 9.87. The zero-order chi connectivity index (χ0) is 21.5. The number of nitrogens with zero attached hydrogens (tertiary/aromatic N) is 2. The van der Waals surface area contributed by atoms with Crippen molar-refractivity contribution in [3.8, 4) is 5.69 Å². The van der Waals surface area contributed by atoms with Gasteiger partial charge in [0.2, 0.25) is 0 Å². The molecule has 0 spiro atoms. The van der Waals surface area contributed by atoms with E-state index in [0.717, 1.165) is 42.4 Å². The number of hydrogen-bond acceptors (Lipinski definition) is 4. The largest absolute Gasteiger partial charge is 0.345 e. The molecular weight excluding hydrogens is 382 g/mol. The fourth-order valence-electron chi connectivity index (χ4n) is 3.85. The SMILES string of the molecule is CC(C)(C)c1ccc(-n2ncc3c2CCCC3NC(=O)c2c[nH]c(=O)[nH]c2=O)cc1. The van der Waals surface area contributed by atoms with Crippen molar-refractivity contribution in [1.82, 2.24) is 25.1 Å². The van der Waals surface area contributed by atoms with E-state index in [4.69, 9.17) is 0 Å². The summed E-state index contributed by atoms with van der Waals surface area (Å²) in [5, 5.41) is 7.48. The Hall–Kier alpha value is -3.42. The van der Waals surface area contributed by atoms with Crippen molar-refractivity contribution < 1.29 is 4.79 Å². The first-order chi connectivity index (χ1) is 14.2. The Morgan fingerprint density at radius 3 is 2.60 bits per heavy atom. The first kappa shape index (κ1) is 19.9. The molecule has 2 aromatic heterocycles. The Bertz CT molecular complexity index is 1190. The molecule has 8 nitrogen and oxygen atoms in total. The standard InChI is InChI=1S/C22H25N5O3/c1-22(2,3)13-7-9-14(10-8-13)27-18-6-4-5-17(15(18)12-24-27)25-19(28)16-11-23-21(30)26-20(16)29/h7-12,17H,4-6H2,1-3H3,(H,25,28)(H2,23,26,29,30). The van der Waals surface area contributed by atoms with E-state index < -0.39 is 17.2 Å². The summed E-state index contributed by atoms with van der Waals surface area (Å²) in [7, 11) is 0. The Morgan fingerprint density at radius 2 is 1.93 bits per heavy atom. The third-order valence-corrected chi connectivity index (χ3v) is 5.53. The maximum atomic E-state index is 12.6. The summed E-state index contributed by atoms with van der Waals surface area (Å²) in [5.41, 5.74) is 2.86. The van der Waals surface area contributed by atoms with Crippen LogP contribution in [0.3, 0.4) is 0 Å². The van der Waals surface area contributed by atoms with Crippen molar-refractivity contribution in [3.05, 3.63) is 79.9 Å². The van der Waals surface area contributed by atoms with E-state index in [-0.39, 0.29) is 17.0 Å². The van der Waals surface area contributed by atoms with Gasteiger partial charge in [0.05, 0.1) is 17.9 Å². The molecule has 0 aliphatic heterocycles. The molecule has 3 aromatic rings. The lowest BCUT2D eigenvalue weighted by Crippen LogP contribution is -2.36. The molecule has 1 amide bonds. The Labute approximate surface area is 173 Å². The second-order valence-corrected chi connectivity index (χ2v) is 8.66. The van der Waals surface area contributed by atoms with Crippen LogP contribution in [0.5, 0.6) is 0 Å². The second-order valence-electron chi connectivity index (χ2n) is 8.66. The van der Waals surface area contributed by atoms with Gasteiger partial charge in [0.25, 0.3) is 11.5 Å². The molecule has 0 bridgehead atoms. The zero-order valence-electron chi connectivity index (χ0n) is 17.3. The van der Waals surface area contributed by atoms with Crippen LogP contribution in [0.15, 0.2) is 46.2 Å². The number of aromatic nitrogens is 4. The molecule has 1 aliphatic carbocycles. The van der Waals surface area contributed by atoms with Crippen molar-refractivity contribution in [2.75, 3.05) is 0 Å². The maximum absolute atomic E-state index is 12.6. The second kappa shape index (κ2) is 7.44. The number of carbonyl (C=O) groups excluding carboxylic acids is 1. The number of fused-ring (bicyclic) bond motifs is 1. The smallest absolute Gasteiger partial charge is 0.325 e. The van der Waals surface area contributed by atoms with Crippen molar-refractivity contribution in [1.29, 1.82) is 0 Å². The van der Waals surface area contributed by atoms with Gasteiger partial charge in [-0.3, -0.25) is 14.6 Å². The van der Waals surface area contributed by atoms with Crippen LogP contribution in [0.25, 0.3) is 5.69 Å². The van der Waals surface area contributed by atoms with E-state index in [1.807, 2.05) is 4.68 Å². The Morgan fingerprint density at radius 1 is 1.20 bits per heavy atom. The summed E-state index contributed by atoms with van der Waals surface area (Å²) in [4.78, 5) is 40.1. The van der Waals surface area contributed by atoms with Gasteiger partial charge >= 0.3 is 5.69 Å². The summed E-state index contributed by atoms with van der Waals surface area (Å²) in [5.74, 6) is -0.521. The molecule has 0 saturated heterocycles. The van der Waals surface area contributed by atoms with Crippen molar-refractivity contribution in [2.45, 2.75) is 51.5 Å². The van der Waals surface area contributed by atoms with Gasteiger partial charge in [-0.15, -0.1) is 0 Å². The van der Waals surface area contributed by atoms with E-state index >= 15 is 0 Å². The molecule has 1 aliphatic rings. The summed E-state index contributed by atoms with van der Waals surface area (Å²) in [6.07, 6.45) is 5.44. The topological polar surface area (TPSA) is 113 Å². The van der Waals surface area contributed by atoms with Gasteiger partial charge in [-0.25, -0.2) is 9.48 Å². The summed E-state index contributed by atoms with van der Waals surface area (Å²) < 4.78 is 1.92. The number of carbonyl (C=O) groups is 1. The molecule has 1 atom stereocenters. The lowest BCUT2D eigenvalue weighted by Gasteiger charge is -2.24. The monoisotopic (exact) mass is 407 g/mol. The highest BCUT2D eigenvalue weighted by Crippen LogP contribution is 2.32. The average Bonchev–Trinajstić information content (AvgIpc) is 3.12. The number of benzene rings is 1. The fraction of sp³-hybridized carbons (Fsp3) is 0.364. The van der Waals surface area contributed by atoms with Crippen LogP contribution in [0.4, 0.5) is 0 Å². The number of nitrogens with one attached hydrogen (secondary N) is 3. The average molecular weight is 407 g/mol. The van der Waals surface area contributed by atoms with Gasteiger partial charge < -0.3 is 10.3 Å². The number of amides is 1. The molecule has 1 unspecified atom stereocenters. The maximum Gasteiger partial charge on any atom is 0.325 e. The van der Waals surface area contributed by atoms with E-state index in [9.17, 15) is 14.4 Å². The molecule has 0 fully saturated rings. The number of H-pyrrole nitrogens is 2. The van der Waals surface area contributed by atoms with Crippen LogP contribution in [0.1, 0.15) is 66.8 Å². The van der Waals surface area contributed by atoms with E-state index in [1.165, 1.54) is 5.56 Å². The number of rotatable bonds is 3. The molecular formula is C22H25N5O3. The highest BCUT2D eigenvalue weighted by Gasteiger charge is 2.27. The lowest BCUT2D eigenvalue weighted by molar-refractivity contribution is 0.0930. The van der Waals surface area contributed by atoms with Crippen molar-refractivity contribution in [2.24, 2.45) is 0 Å². The molecule has 4 rings (SSSR count). The van der Waals surface area contributed by atoms with E-state index in [0.29, 0.717) is 0 Å². The van der Waals surface area contributed by atoms with Crippen LogP contribution in [-0.2, 0) is 11.8 Å². The first-order valence-electron chi connectivity index (χ1n) is 10.0. The zero-order valence-corrected chi connectivity index (χ0v) is 17.3. The molecule has 0 radical (unpaired) electrons. The Kier molecular flexibility index (Phi) is 4.93. The fourth-order valence-corrected chi connectivity index (χ4v) is 3.85. The van der Waals surface area contributed by atoms with Crippen LogP contribution < -0.4 is 16.6 Å². The third kappa shape index (κ3) is 3.72.